The third-order valence-corrected chi connectivity index (χ3v) is 4.79. The molecule has 0 saturated heterocycles. The molecule has 0 aliphatic rings. The monoisotopic (exact) mass is 447 g/mol. The van der Waals surface area contributed by atoms with Crippen LogP contribution in [0, 0.1) is 0 Å². The van der Waals surface area contributed by atoms with Gasteiger partial charge >= 0.3 is 6.18 Å². The number of hydrogen-bond acceptors (Lipinski definition) is 9. The summed E-state index contributed by atoms with van der Waals surface area (Å²) >= 11 is 0. The van der Waals surface area contributed by atoms with E-state index in [4.69, 9.17) is 23.0 Å². The topological polar surface area (TPSA) is 158 Å². The van der Waals surface area contributed by atoms with Gasteiger partial charge in [0, 0.05) is 36.6 Å². The average Bonchev–Trinajstić information content (AvgIpc) is 2.66. The van der Waals surface area contributed by atoms with Crippen molar-refractivity contribution in [2.24, 2.45) is 17.3 Å². The standard InChI is InChI=1S/C20H24F3N9/c1-19(26,10-20(21,22)23)12-3-4-28-17(7-12)31-16-6-11-5-14(15(8-24)32(2)27)30-18(25)13(11)9-29-16/h3-9H,10,24,26-27H2,1-2H3,(H2,25,30)(H,28,29,31)/b15-8-/t19-/m0/s1. The van der Waals surface area contributed by atoms with Crippen LogP contribution in [0.1, 0.15) is 24.6 Å². The van der Waals surface area contributed by atoms with Crippen molar-refractivity contribution in [2.75, 3.05) is 18.1 Å². The summed E-state index contributed by atoms with van der Waals surface area (Å²) in [7, 11) is 1.61. The lowest BCUT2D eigenvalue weighted by Gasteiger charge is -2.26. The number of rotatable bonds is 6. The SMILES string of the molecule is CN(N)/C(=C\N)c1cc2cc(Nc3cc([C@@](C)(N)CC(F)(F)F)ccn3)ncc2c(N)n1. The van der Waals surface area contributed by atoms with Gasteiger partial charge in [0.1, 0.15) is 17.5 Å². The number of nitrogens with two attached hydrogens (primary N) is 4. The minimum Gasteiger partial charge on any atom is -0.403 e. The Morgan fingerprint density at radius 2 is 1.88 bits per heavy atom. The first kappa shape index (κ1) is 23.0. The number of anilines is 3. The molecule has 0 bridgehead atoms. The summed E-state index contributed by atoms with van der Waals surface area (Å²) in [6.45, 7) is 1.32. The number of hydrogen-bond donors (Lipinski definition) is 5. The maximum atomic E-state index is 12.9. The highest BCUT2D eigenvalue weighted by atomic mass is 19.4. The first-order valence-electron chi connectivity index (χ1n) is 9.46. The molecule has 0 aliphatic heterocycles. The zero-order valence-corrected chi connectivity index (χ0v) is 17.5. The van der Waals surface area contributed by atoms with Crippen LogP contribution in [0.2, 0.25) is 0 Å². The molecule has 0 amide bonds. The van der Waals surface area contributed by atoms with Gasteiger partial charge in [0.05, 0.1) is 17.8 Å². The van der Waals surface area contributed by atoms with Gasteiger partial charge in [-0.3, -0.25) is 0 Å². The molecule has 0 spiro atoms. The van der Waals surface area contributed by atoms with Crippen LogP contribution in [0.4, 0.5) is 30.6 Å². The number of fused-ring (bicyclic) bond motifs is 1. The smallest absolute Gasteiger partial charge is 0.391 e. The second kappa shape index (κ2) is 8.48. The molecular weight excluding hydrogens is 423 g/mol. The highest BCUT2D eigenvalue weighted by molar-refractivity contribution is 5.93. The fourth-order valence-corrected chi connectivity index (χ4v) is 3.26. The largest absolute Gasteiger partial charge is 0.403 e. The molecule has 9 N–H and O–H groups in total. The van der Waals surface area contributed by atoms with E-state index in [0.29, 0.717) is 33.8 Å². The molecule has 3 heterocycles. The third kappa shape index (κ3) is 5.15. The molecule has 0 saturated carbocycles. The Morgan fingerprint density at radius 3 is 2.50 bits per heavy atom. The lowest BCUT2D eigenvalue weighted by Crippen LogP contribution is -2.38. The summed E-state index contributed by atoms with van der Waals surface area (Å²) in [6.07, 6.45) is -1.34. The molecule has 3 aromatic rings. The van der Waals surface area contributed by atoms with Crippen molar-refractivity contribution in [3.63, 3.8) is 0 Å². The fourth-order valence-electron chi connectivity index (χ4n) is 3.26. The van der Waals surface area contributed by atoms with E-state index in [1.165, 1.54) is 42.7 Å². The first-order valence-corrected chi connectivity index (χ1v) is 9.46. The zero-order valence-electron chi connectivity index (χ0n) is 17.5. The maximum Gasteiger partial charge on any atom is 0.391 e. The van der Waals surface area contributed by atoms with Gasteiger partial charge in [-0.15, -0.1) is 0 Å². The number of nitrogens with one attached hydrogen (secondary N) is 1. The minimum atomic E-state index is -4.40. The van der Waals surface area contributed by atoms with Crippen molar-refractivity contribution >= 4 is 33.9 Å². The molecule has 0 radical (unpaired) electrons. The van der Waals surface area contributed by atoms with E-state index in [9.17, 15) is 13.2 Å². The molecule has 170 valence electrons. The Balaban J connectivity index is 1.94. The van der Waals surface area contributed by atoms with Gasteiger partial charge < -0.3 is 27.5 Å². The van der Waals surface area contributed by atoms with Gasteiger partial charge in [-0.2, -0.15) is 13.2 Å². The molecule has 0 fully saturated rings. The van der Waals surface area contributed by atoms with Crippen molar-refractivity contribution < 1.29 is 13.2 Å². The van der Waals surface area contributed by atoms with E-state index in [2.05, 4.69) is 20.3 Å². The summed E-state index contributed by atoms with van der Waals surface area (Å²) in [4.78, 5) is 12.7. The molecule has 3 aromatic heterocycles. The van der Waals surface area contributed by atoms with Gasteiger partial charge in [-0.05, 0) is 42.1 Å². The Morgan fingerprint density at radius 1 is 1.19 bits per heavy atom. The van der Waals surface area contributed by atoms with Crippen LogP contribution in [0.15, 0.2) is 42.9 Å². The van der Waals surface area contributed by atoms with Crippen molar-refractivity contribution in [3.05, 3.63) is 54.1 Å². The van der Waals surface area contributed by atoms with Crippen molar-refractivity contribution in [1.82, 2.24) is 20.0 Å². The number of aromatic nitrogens is 3. The number of pyridine rings is 3. The van der Waals surface area contributed by atoms with E-state index in [1.807, 2.05) is 0 Å². The second-order valence-electron chi connectivity index (χ2n) is 7.61. The predicted octanol–water partition coefficient (Wildman–Crippen LogP) is 2.54. The number of alkyl halides is 3. The minimum absolute atomic E-state index is 0.240. The summed E-state index contributed by atoms with van der Waals surface area (Å²) in [6, 6.07) is 6.36. The number of halogens is 3. The van der Waals surface area contributed by atoms with Crippen molar-refractivity contribution in [1.29, 1.82) is 0 Å². The lowest BCUT2D eigenvalue weighted by atomic mass is 9.90. The zero-order chi connectivity index (χ0) is 23.7. The van der Waals surface area contributed by atoms with E-state index in [1.54, 1.807) is 19.2 Å². The van der Waals surface area contributed by atoms with Crippen LogP contribution in [-0.4, -0.2) is 33.2 Å². The molecule has 0 aromatic carbocycles. The van der Waals surface area contributed by atoms with Crippen LogP contribution in [0.5, 0.6) is 0 Å². The molecule has 3 rings (SSSR count). The second-order valence-corrected chi connectivity index (χ2v) is 7.61. The predicted molar refractivity (Wildman–Crippen MR) is 118 cm³/mol. The summed E-state index contributed by atoms with van der Waals surface area (Å²) in [5.41, 5.74) is 17.2. The normalized spacial score (nSPS) is 14.3. The van der Waals surface area contributed by atoms with Crippen LogP contribution in [0.3, 0.4) is 0 Å². The van der Waals surface area contributed by atoms with Gasteiger partial charge in [0.15, 0.2) is 0 Å². The highest BCUT2D eigenvalue weighted by Gasteiger charge is 2.38. The lowest BCUT2D eigenvalue weighted by molar-refractivity contribution is -0.146. The molecular formula is C20H24F3N9. The van der Waals surface area contributed by atoms with E-state index in [-0.39, 0.29) is 11.4 Å². The van der Waals surface area contributed by atoms with Gasteiger partial charge in [0.2, 0.25) is 0 Å². The van der Waals surface area contributed by atoms with E-state index in [0.717, 1.165) is 0 Å². The van der Waals surface area contributed by atoms with Gasteiger partial charge in [-0.1, -0.05) is 0 Å². The molecule has 9 nitrogen and oxygen atoms in total. The summed E-state index contributed by atoms with van der Waals surface area (Å²) in [5.74, 6) is 6.71. The molecule has 1 atom stereocenters. The highest BCUT2D eigenvalue weighted by Crippen LogP contribution is 2.33. The van der Waals surface area contributed by atoms with Gasteiger partial charge in [-0.25, -0.2) is 20.8 Å². The van der Waals surface area contributed by atoms with Crippen LogP contribution in [-0.2, 0) is 5.54 Å². The maximum absolute atomic E-state index is 12.9. The Labute approximate surface area is 182 Å². The fraction of sp³-hybridized carbons (Fsp3) is 0.250. The molecule has 32 heavy (non-hydrogen) atoms. The average molecular weight is 447 g/mol. The number of nitrogens with zero attached hydrogens (tertiary/aromatic N) is 4. The van der Waals surface area contributed by atoms with Crippen LogP contribution in [0.25, 0.3) is 16.5 Å². The summed E-state index contributed by atoms with van der Waals surface area (Å²) in [5, 5.41) is 5.60. The van der Waals surface area contributed by atoms with Crippen LogP contribution >= 0.6 is 0 Å². The van der Waals surface area contributed by atoms with Crippen molar-refractivity contribution in [3.8, 4) is 0 Å². The van der Waals surface area contributed by atoms with Crippen LogP contribution < -0.4 is 28.4 Å². The van der Waals surface area contributed by atoms with E-state index >= 15 is 0 Å². The Bertz CT molecular complexity index is 1160. The third-order valence-electron chi connectivity index (χ3n) is 4.79. The first-order chi connectivity index (χ1) is 14.9. The van der Waals surface area contributed by atoms with Gasteiger partial charge in [0.25, 0.3) is 0 Å². The Kier molecular flexibility index (Phi) is 6.10. The number of hydrazine groups is 1. The summed E-state index contributed by atoms with van der Waals surface area (Å²) < 4.78 is 38.6. The molecule has 0 aliphatic carbocycles. The quantitative estimate of drug-likeness (QED) is 0.283. The number of nitrogen functional groups attached to an aromatic ring is 1. The van der Waals surface area contributed by atoms with E-state index < -0.39 is 18.1 Å². The van der Waals surface area contributed by atoms with Crippen molar-refractivity contribution in [2.45, 2.75) is 25.1 Å². The molecule has 0 unspecified atom stereocenters. The molecule has 12 heteroatoms. The Hall–Kier alpha value is -3.64.